The number of ether oxygens (including phenoxy) is 2. The Kier molecular flexibility index (Phi) is 7.26. The van der Waals surface area contributed by atoms with E-state index in [1.165, 1.54) is 0 Å². The van der Waals surface area contributed by atoms with Crippen LogP contribution in [0.1, 0.15) is 54.1 Å². The van der Waals surface area contributed by atoms with Crippen molar-refractivity contribution in [2.45, 2.75) is 40.5 Å². The zero-order valence-electron chi connectivity index (χ0n) is 15.8. The molecule has 1 N–H and O–H groups in total. The molecule has 1 aromatic carbocycles. The number of hydrogen-bond donors (Lipinski definition) is 1. The first-order chi connectivity index (χ1) is 12.5. The summed E-state index contributed by atoms with van der Waals surface area (Å²) in [6.45, 7) is 8.89. The number of furan rings is 1. The van der Waals surface area contributed by atoms with Crippen molar-refractivity contribution in [3.63, 3.8) is 0 Å². The lowest BCUT2D eigenvalue weighted by molar-refractivity contribution is 0.0953. The van der Waals surface area contributed by atoms with Crippen molar-refractivity contribution in [3.05, 3.63) is 46.9 Å². The van der Waals surface area contributed by atoms with Gasteiger partial charge in [0.05, 0.1) is 25.0 Å². The molecular weight excluding hydrogens is 332 g/mol. The quantitative estimate of drug-likeness (QED) is 0.537. The Morgan fingerprint density at radius 1 is 1.15 bits per heavy atom. The molecule has 1 aromatic heterocycles. The Bertz CT molecular complexity index is 765. The molecule has 0 atom stereocenters. The van der Waals surface area contributed by atoms with E-state index in [4.69, 9.17) is 13.9 Å². The monoisotopic (exact) mass is 358 g/mol. The first kappa shape index (κ1) is 19.6. The predicted molar refractivity (Wildman–Crippen MR) is 101 cm³/mol. The van der Waals surface area contributed by atoms with Crippen LogP contribution >= 0.6 is 0 Å². The van der Waals surface area contributed by atoms with Gasteiger partial charge in [-0.1, -0.05) is 13.8 Å². The van der Waals surface area contributed by atoms with Gasteiger partial charge in [0.25, 0.3) is 5.91 Å². The van der Waals surface area contributed by atoms with Gasteiger partial charge in [-0.3, -0.25) is 4.79 Å². The maximum Gasteiger partial charge on any atom is 0.274 e. The van der Waals surface area contributed by atoms with Crippen LogP contribution in [0.5, 0.6) is 11.5 Å². The van der Waals surface area contributed by atoms with Gasteiger partial charge in [-0.15, -0.1) is 0 Å². The zero-order chi connectivity index (χ0) is 18.9. The zero-order valence-corrected chi connectivity index (χ0v) is 15.8. The lowest BCUT2D eigenvalue weighted by Gasteiger charge is -2.11. The van der Waals surface area contributed by atoms with E-state index < -0.39 is 0 Å². The number of carbonyl (C=O) groups excluding carboxylic acids is 1. The molecule has 0 radical (unpaired) electrons. The topological polar surface area (TPSA) is 73.1 Å². The second kappa shape index (κ2) is 9.65. The summed E-state index contributed by atoms with van der Waals surface area (Å²) in [5, 5.41) is 4.04. The Balaban J connectivity index is 2.09. The number of benzene rings is 1. The number of hydrogen-bond acceptors (Lipinski definition) is 5. The first-order valence-electron chi connectivity index (χ1n) is 8.85. The van der Waals surface area contributed by atoms with Crippen LogP contribution < -0.4 is 14.9 Å². The number of aryl methyl sites for hydroxylation is 2. The molecule has 0 aliphatic rings. The number of hydrazone groups is 1. The summed E-state index contributed by atoms with van der Waals surface area (Å²) in [5.41, 5.74) is 3.76. The van der Waals surface area contributed by atoms with Crippen molar-refractivity contribution in [2.75, 3.05) is 13.2 Å². The highest BCUT2D eigenvalue weighted by molar-refractivity contribution is 5.96. The average Bonchev–Trinajstić information content (AvgIpc) is 2.97. The number of carbonyl (C=O) groups is 1. The smallest absolute Gasteiger partial charge is 0.274 e. The lowest BCUT2D eigenvalue weighted by atomic mass is 10.2. The van der Waals surface area contributed by atoms with Crippen LogP contribution in [0.2, 0.25) is 0 Å². The summed E-state index contributed by atoms with van der Waals surface area (Å²) in [6, 6.07) is 7.26. The molecule has 0 saturated carbocycles. The Labute approximate surface area is 154 Å². The normalized spacial score (nSPS) is 10.9. The fourth-order valence-corrected chi connectivity index (χ4v) is 2.34. The second-order valence-corrected chi connectivity index (χ2v) is 5.92. The molecule has 2 rings (SSSR count). The molecule has 0 spiro atoms. The van der Waals surface area contributed by atoms with E-state index in [0.717, 1.165) is 24.2 Å². The standard InChI is InChI=1S/C20H26N2O4/c1-5-9-24-17-8-7-16(19(12-17)25-10-6-2)13-21-22-20(23)18-11-14(3)26-15(18)4/h7-8,11-13H,5-6,9-10H2,1-4H3,(H,22,23)/b21-13+. The third kappa shape index (κ3) is 5.37. The molecule has 0 saturated heterocycles. The maximum absolute atomic E-state index is 12.2. The molecule has 6 heteroatoms. The summed E-state index contributed by atoms with van der Waals surface area (Å²) in [5.74, 6) is 2.38. The van der Waals surface area contributed by atoms with E-state index in [-0.39, 0.29) is 5.91 Å². The summed E-state index contributed by atoms with van der Waals surface area (Å²) < 4.78 is 16.8. The van der Waals surface area contributed by atoms with Crippen molar-refractivity contribution in [1.82, 2.24) is 5.43 Å². The Morgan fingerprint density at radius 3 is 2.54 bits per heavy atom. The van der Waals surface area contributed by atoms with E-state index in [1.54, 1.807) is 26.1 Å². The van der Waals surface area contributed by atoms with E-state index in [1.807, 2.05) is 25.1 Å². The van der Waals surface area contributed by atoms with Crippen LogP contribution in [-0.2, 0) is 0 Å². The molecule has 140 valence electrons. The molecular formula is C20H26N2O4. The van der Waals surface area contributed by atoms with Gasteiger partial charge in [0.1, 0.15) is 23.0 Å². The summed E-state index contributed by atoms with van der Waals surface area (Å²) >= 11 is 0. The van der Waals surface area contributed by atoms with Gasteiger partial charge in [-0.25, -0.2) is 5.43 Å². The molecule has 0 bridgehead atoms. The highest BCUT2D eigenvalue weighted by atomic mass is 16.5. The van der Waals surface area contributed by atoms with Crippen LogP contribution in [-0.4, -0.2) is 25.3 Å². The number of nitrogens with one attached hydrogen (secondary N) is 1. The second-order valence-electron chi connectivity index (χ2n) is 5.92. The van der Waals surface area contributed by atoms with Crippen molar-refractivity contribution in [1.29, 1.82) is 0 Å². The van der Waals surface area contributed by atoms with E-state index in [9.17, 15) is 4.79 Å². The van der Waals surface area contributed by atoms with Crippen LogP contribution in [0.25, 0.3) is 0 Å². The summed E-state index contributed by atoms with van der Waals surface area (Å²) in [7, 11) is 0. The van der Waals surface area contributed by atoms with Crippen LogP contribution in [0.15, 0.2) is 33.8 Å². The molecule has 2 aromatic rings. The van der Waals surface area contributed by atoms with Crippen LogP contribution in [0.3, 0.4) is 0 Å². The minimum Gasteiger partial charge on any atom is -0.493 e. The lowest BCUT2D eigenvalue weighted by Crippen LogP contribution is -2.17. The Morgan fingerprint density at radius 2 is 1.88 bits per heavy atom. The van der Waals surface area contributed by atoms with Gasteiger partial charge >= 0.3 is 0 Å². The van der Waals surface area contributed by atoms with Crippen molar-refractivity contribution >= 4 is 12.1 Å². The van der Waals surface area contributed by atoms with Gasteiger partial charge in [0.2, 0.25) is 0 Å². The van der Waals surface area contributed by atoms with Gasteiger partial charge in [-0.05, 0) is 44.9 Å². The van der Waals surface area contributed by atoms with Crippen LogP contribution in [0, 0.1) is 13.8 Å². The van der Waals surface area contributed by atoms with E-state index in [0.29, 0.717) is 36.0 Å². The molecule has 1 amide bonds. The third-order valence-electron chi connectivity index (χ3n) is 3.57. The number of rotatable bonds is 9. The minimum atomic E-state index is -0.311. The number of nitrogens with zero attached hydrogens (tertiary/aromatic N) is 1. The molecule has 26 heavy (non-hydrogen) atoms. The van der Waals surface area contributed by atoms with Crippen LogP contribution in [0.4, 0.5) is 0 Å². The summed E-state index contributed by atoms with van der Waals surface area (Å²) in [4.78, 5) is 12.2. The first-order valence-corrected chi connectivity index (χ1v) is 8.85. The maximum atomic E-state index is 12.2. The fourth-order valence-electron chi connectivity index (χ4n) is 2.34. The van der Waals surface area contributed by atoms with E-state index >= 15 is 0 Å². The van der Waals surface area contributed by atoms with Gasteiger partial charge in [0.15, 0.2) is 0 Å². The molecule has 0 fully saturated rings. The minimum absolute atomic E-state index is 0.311. The predicted octanol–water partition coefficient (Wildman–Crippen LogP) is 4.24. The molecule has 0 aliphatic carbocycles. The molecule has 0 aliphatic heterocycles. The molecule has 0 unspecified atom stereocenters. The highest BCUT2D eigenvalue weighted by Crippen LogP contribution is 2.24. The van der Waals surface area contributed by atoms with Crippen molar-refractivity contribution < 1.29 is 18.7 Å². The van der Waals surface area contributed by atoms with Crippen molar-refractivity contribution in [3.8, 4) is 11.5 Å². The third-order valence-corrected chi connectivity index (χ3v) is 3.57. The molecule has 6 nitrogen and oxygen atoms in total. The largest absolute Gasteiger partial charge is 0.493 e. The van der Waals surface area contributed by atoms with Gasteiger partial charge in [-0.2, -0.15) is 5.10 Å². The van der Waals surface area contributed by atoms with E-state index in [2.05, 4.69) is 17.5 Å². The Hall–Kier alpha value is -2.76. The number of amides is 1. The average molecular weight is 358 g/mol. The van der Waals surface area contributed by atoms with Gasteiger partial charge in [0, 0.05) is 11.6 Å². The van der Waals surface area contributed by atoms with Gasteiger partial charge < -0.3 is 13.9 Å². The summed E-state index contributed by atoms with van der Waals surface area (Å²) in [6.07, 6.45) is 3.40. The SMILES string of the molecule is CCCOc1ccc(/C=N/NC(=O)c2cc(C)oc2C)c(OCCC)c1. The van der Waals surface area contributed by atoms with Crippen molar-refractivity contribution in [2.24, 2.45) is 5.10 Å². The fraction of sp³-hybridized carbons (Fsp3) is 0.400. The molecule has 1 heterocycles. The highest BCUT2D eigenvalue weighted by Gasteiger charge is 2.12.